The molecule has 160 valence electrons. The molecule has 3 N–H and O–H groups in total. The Balaban J connectivity index is 1.61. The van der Waals surface area contributed by atoms with Crippen molar-refractivity contribution >= 4 is 11.8 Å². The third kappa shape index (κ3) is 4.90. The van der Waals surface area contributed by atoms with E-state index in [4.69, 9.17) is 5.73 Å². The molecule has 0 amide bonds. The van der Waals surface area contributed by atoms with Crippen LogP contribution in [0.15, 0.2) is 29.3 Å². The van der Waals surface area contributed by atoms with E-state index in [1.807, 2.05) is 7.05 Å². The van der Waals surface area contributed by atoms with Gasteiger partial charge in [0.25, 0.3) is 0 Å². The maximum absolute atomic E-state index is 13.2. The largest absolute Gasteiger partial charge is 0.382 e. The first-order chi connectivity index (χ1) is 14.4. The predicted octanol–water partition coefficient (Wildman–Crippen LogP) is 2.95. The first-order valence-corrected chi connectivity index (χ1v) is 10.4. The lowest BCUT2D eigenvalue weighted by atomic mass is 9.92. The van der Waals surface area contributed by atoms with Gasteiger partial charge in [0.15, 0.2) is 5.96 Å². The van der Waals surface area contributed by atoms with E-state index in [2.05, 4.69) is 40.2 Å². The van der Waals surface area contributed by atoms with Crippen molar-refractivity contribution in [1.29, 1.82) is 5.26 Å². The number of piperidine rings is 1. The number of hydrogen-bond donors (Lipinski definition) is 2. The molecule has 7 nitrogen and oxygen atoms in total. The van der Waals surface area contributed by atoms with E-state index >= 15 is 0 Å². The molecule has 0 radical (unpaired) electrons. The lowest BCUT2D eigenvalue weighted by molar-refractivity contribution is 0.208. The van der Waals surface area contributed by atoms with Gasteiger partial charge in [-0.15, -0.1) is 0 Å². The van der Waals surface area contributed by atoms with Crippen molar-refractivity contribution in [3.8, 4) is 11.8 Å². The molecule has 2 atom stereocenters. The number of rotatable bonds is 5. The van der Waals surface area contributed by atoms with Crippen LogP contribution in [0.2, 0.25) is 0 Å². The second-order valence-corrected chi connectivity index (χ2v) is 8.14. The van der Waals surface area contributed by atoms with Gasteiger partial charge in [0.05, 0.1) is 11.4 Å². The van der Waals surface area contributed by atoms with Crippen LogP contribution in [0.4, 0.5) is 10.2 Å². The maximum atomic E-state index is 13.2. The molecule has 2 heterocycles. The van der Waals surface area contributed by atoms with Gasteiger partial charge in [0, 0.05) is 26.7 Å². The number of nitriles is 1. The number of halogens is 1. The number of hydrogen-bond acceptors (Lipinski definition) is 4. The molecule has 8 heteroatoms. The molecule has 0 bridgehead atoms. The highest BCUT2D eigenvalue weighted by Crippen LogP contribution is 2.22. The molecule has 1 aromatic heterocycles. The Bertz CT molecular complexity index is 916. The van der Waals surface area contributed by atoms with Crippen LogP contribution in [0.3, 0.4) is 0 Å². The Morgan fingerprint density at radius 1 is 1.30 bits per heavy atom. The average Bonchev–Trinajstić information content (AvgIpc) is 3.03. The highest BCUT2D eigenvalue weighted by molar-refractivity contribution is 5.80. The van der Waals surface area contributed by atoms with Gasteiger partial charge in [0.2, 0.25) is 0 Å². The minimum Gasteiger partial charge on any atom is -0.382 e. The van der Waals surface area contributed by atoms with Crippen LogP contribution in [0.25, 0.3) is 5.69 Å². The number of aryl methyl sites for hydroxylation is 1. The summed E-state index contributed by atoms with van der Waals surface area (Å²) in [5, 5.41) is 17.5. The molecule has 30 heavy (non-hydrogen) atoms. The van der Waals surface area contributed by atoms with Crippen LogP contribution in [0.1, 0.15) is 37.9 Å². The lowest BCUT2D eigenvalue weighted by Gasteiger charge is -2.37. The van der Waals surface area contributed by atoms with Gasteiger partial charge in [0.1, 0.15) is 23.3 Å². The minimum absolute atomic E-state index is 0.277. The summed E-state index contributed by atoms with van der Waals surface area (Å²) >= 11 is 0. The van der Waals surface area contributed by atoms with Crippen molar-refractivity contribution in [3.63, 3.8) is 0 Å². The highest BCUT2D eigenvalue weighted by atomic mass is 19.1. The third-order valence-corrected chi connectivity index (χ3v) is 5.43. The molecule has 0 spiro atoms. The molecule has 2 unspecified atom stereocenters. The topological polar surface area (TPSA) is 95.3 Å². The number of benzene rings is 1. The standard InChI is InChI=1S/C22H30FN7/c1-15-11-16(2)14-29(13-15)22(26-3)27-10-4-5-20-19(12-24)21(25)30(28-20)18-8-6-17(23)7-9-18/h6-9,15-16H,4-5,10-11,13-14,25H2,1-3H3,(H,26,27). The Morgan fingerprint density at radius 3 is 2.57 bits per heavy atom. The van der Waals surface area contributed by atoms with E-state index in [-0.39, 0.29) is 11.6 Å². The fraction of sp³-hybridized carbons (Fsp3) is 0.500. The average molecular weight is 412 g/mol. The van der Waals surface area contributed by atoms with Crippen LogP contribution in [0, 0.1) is 29.0 Å². The van der Waals surface area contributed by atoms with Crippen molar-refractivity contribution in [2.75, 3.05) is 32.4 Å². The zero-order chi connectivity index (χ0) is 21.7. The van der Waals surface area contributed by atoms with Crippen molar-refractivity contribution in [3.05, 3.63) is 41.3 Å². The Hall–Kier alpha value is -3.08. The number of nitrogens with zero attached hydrogens (tertiary/aromatic N) is 5. The Labute approximate surface area is 177 Å². The summed E-state index contributed by atoms with van der Waals surface area (Å²) in [6.07, 6.45) is 2.65. The van der Waals surface area contributed by atoms with E-state index in [1.165, 1.54) is 23.2 Å². The lowest BCUT2D eigenvalue weighted by Crippen LogP contribution is -2.48. The number of nitrogens with two attached hydrogens (primary N) is 1. The number of likely N-dealkylation sites (tertiary alicyclic amines) is 1. The van der Waals surface area contributed by atoms with Gasteiger partial charge >= 0.3 is 0 Å². The number of nitrogen functional groups attached to an aromatic ring is 1. The van der Waals surface area contributed by atoms with Gasteiger partial charge in [-0.2, -0.15) is 10.4 Å². The normalized spacial score (nSPS) is 19.6. The number of aromatic nitrogens is 2. The maximum Gasteiger partial charge on any atom is 0.193 e. The molecule has 0 saturated carbocycles. The first-order valence-electron chi connectivity index (χ1n) is 10.4. The van der Waals surface area contributed by atoms with Crippen molar-refractivity contribution in [2.24, 2.45) is 16.8 Å². The molecule has 2 aromatic rings. The molecular formula is C22H30FN7. The van der Waals surface area contributed by atoms with E-state index in [9.17, 15) is 9.65 Å². The van der Waals surface area contributed by atoms with Gasteiger partial charge in [-0.25, -0.2) is 9.07 Å². The summed E-state index contributed by atoms with van der Waals surface area (Å²) < 4.78 is 14.7. The van der Waals surface area contributed by atoms with Crippen LogP contribution < -0.4 is 11.1 Å². The zero-order valence-corrected chi connectivity index (χ0v) is 17.9. The monoisotopic (exact) mass is 411 g/mol. The summed E-state index contributed by atoms with van der Waals surface area (Å²) in [6.45, 7) is 7.31. The van der Waals surface area contributed by atoms with Crippen molar-refractivity contribution in [2.45, 2.75) is 33.1 Å². The molecule has 3 rings (SSSR count). The van der Waals surface area contributed by atoms with Gasteiger partial charge < -0.3 is 16.0 Å². The number of aliphatic imine (C=N–C) groups is 1. The number of guanidine groups is 1. The summed E-state index contributed by atoms with van der Waals surface area (Å²) in [4.78, 5) is 6.75. The molecule has 1 fully saturated rings. The SMILES string of the molecule is CN=C(NCCCc1nn(-c2ccc(F)cc2)c(N)c1C#N)N1CC(C)CC(C)C1. The smallest absolute Gasteiger partial charge is 0.193 e. The first kappa shape index (κ1) is 21.6. The van der Waals surface area contributed by atoms with Gasteiger partial charge in [-0.05, 0) is 55.4 Å². The third-order valence-electron chi connectivity index (χ3n) is 5.43. The molecule has 1 saturated heterocycles. The van der Waals surface area contributed by atoms with Crippen molar-refractivity contribution < 1.29 is 4.39 Å². The summed E-state index contributed by atoms with van der Waals surface area (Å²) in [7, 11) is 1.81. The second-order valence-electron chi connectivity index (χ2n) is 8.14. The summed E-state index contributed by atoms with van der Waals surface area (Å²) in [5.41, 5.74) is 7.78. The molecule has 0 aliphatic carbocycles. The molecule has 1 aliphatic heterocycles. The fourth-order valence-electron chi connectivity index (χ4n) is 4.18. The Kier molecular flexibility index (Phi) is 6.93. The zero-order valence-electron chi connectivity index (χ0n) is 17.9. The molecular weight excluding hydrogens is 381 g/mol. The predicted molar refractivity (Wildman–Crippen MR) is 117 cm³/mol. The number of anilines is 1. The number of nitrogens with one attached hydrogen (secondary N) is 1. The summed E-state index contributed by atoms with van der Waals surface area (Å²) in [5.74, 6) is 2.18. The summed E-state index contributed by atoms with van der Waals surface area (Å²) in [6, 6.07) is 8.03. The Morgan fingerprint density at radius 2 is 1.97 bits per heavy atom. The van der Waals surface area contributed by atoms with Crippen LogP contribution >= 0.6 is 0 Å². The fourth-order valence-corrected chi connectivity index (χ4v) is 4.18. The van der Waals surface area contributed by atoms with Gasteiger partial charge in [-0.3, -0.25) is 4.99 Å². The van der Waals surface area contributed by atoms with Crippen molar-refractivity contribution in [1.82, 2.24) is 20.0 Å². The molecule has 1 aromatic carbocycles. The van der Waals surface area contributed by atoms with E-state index < -0.39 is 0 Å². The molecule has 1 aliphatic rings. The van der Waals surface area contributed by atoms with Crippen LogP contribution in [0.5, 0.6) is 0 Å². The van der Waals surface area contributed by atoms with Crippen LogP contribution in [-0.4, -0.2) is 47.3 Å². The van der Waals surface area contributed by atoms with Crippen LogP contribution in [-0.2, 0) is 6.42 Å². The van der Waals surface area contributed by atoms with E-state index in [0.717, 1.165) is 32.0 Å². The van der Waals surface area contributed by atoms with Gasteiger partial charge in [-0.1, -0.05) is 13.8 Å². The van der Waals surface area contributed by atoms with E-state index in [0.29, 0.717) is 35.2 Å². The van der Waals surface area contributed by atoms with E-state index in [1.54, 1.807) is 12.1 Å². The quantitative estimate of drug-likeness (QED) is 0.448. The second kappa shape index (κ2) is 9.61. The highest BCUT2D eigenvalue weighted by Gasteiger charge is 2.24. The minimum atomic E-state index is -0.331.